The van der Waals surface area contributed by atoms with Gasteiger partial charge in [0.15, 0.2) is 0 Å². The summed E-state index contributed by atoms with van der Waals surface area (Å²) >= 11 is 6.06. The quantitative estimate of drug-likeness (QED) is 0.877. The van der Waals surface area contributed by atoms with Crippen molar-refractivity contribution in [2.75, 3.05) is 6.61 Å². The van der Waals surface area contributed by atoms with Crippen LogP contribution in [0.25, 0.3) is 0 Å². The van der Waals surface area contributed by atoms with Gasteiger partial charge >= 0.3 is 0 Å². The van der Waals surface area contributed by atoms with Crippen LogP contribution in [0.1, 0.15) is 44.9 Å². The number of carbonyl (C=O) groups is 1. The molecule has 4 saturated carbocycles. The van der Waals surface area contributed by atoms with Crippen molar-refractivity contribution in [3.63, 3.8) is 0 Å². The molecule has 0 heterocycles. The van der Waals surface area contributed by atoms with Gasteiger partial charge in [-0.1, -0.05) is 23.7 Å². The van der Waals surface area contributed by atoms with Crippen LogP contribution in [0.15, 0.2) is 24.3 Å². The first-order valence-electron chi connectivity index (χ1n) is 8.80. The van der Waals surface area contributed by atoms with E-state index in [-0.39, 0.29) is 11.4 Å². The lowest BCUT2D eigenvalue weighted by atomic mass is 9.53. The van der Waals surface area contributed by atoms with Crippen molar-refractivity contribution in [3.05, 3.63) is 29.3 Å². The Morgan fingerprint density at radius 1 is 1.13 bits per heavy atom. The zero-order valence-corrected chi connectivity index (χ0v) is 14.1. The molecule has 1 amide bonds. The molecule has 4 aliphatic carbocycles. The summed E-state index contributed by atoms with van der Waals surface area (Å²) in [7, 11) is 0. The third-order valence-electron chi connectivity index (χ3n) is 5.87. The Kier molecular flexibility index (Phi) is 4.00. The molecule has 4 aliphatic rings. The Labute approximate surface area is 142 Å². The number of para-hydroxylation sites is 1. The van der Waals surface area contributed by atoms with Gasteiger partial charge in [0.1, 0.15) is 5.75 Å². The van der Waals surface area contributed by atoms with Gasteiger partial charge < -0.3 is 10.1 Å². The molecule has 4 fully saturated rings. The molecule has 4 bridgehead atoms. The Balaban J connectivity index is 1.30. The van der Waals surface area contributed by atoms with E-state index >= 15 is 0 Å². The second-order valence-electron chi connectivity index (χ2n) is 7.77. The SMILES string of the molecule is O=C(CCOc1ccccc1Cl)NC12CC3CC(CC(C3)C1)C2. The highest BCUT2D eigenvalue weighted by Crippen LogP contribution is 2.55. The molecule has 0 atom stereocenters. The minimum atomic E-state index is 0.0935. The van der Waals surface area contributed by atoms with E-state index in [0.29, 0.717) is 23.8 Å². The minimum Gasteiger partial charge on any atom is -0.491 e. The molecule has 0 spiro atoms. The number of carbonyl (C=O) groups excluding carboxylic acids is 1. The lowest BCUT2D eigenvalue weighted by Crippen LogP contribution is -2.59. The summed E-state index contributed by atoms with van der Waals surface area (Å²) in [5, 5.41) is 3.97. The monoisotopic (exact) mass is 333 g/mol. The van der Waals surface area contributed by atoms with Gasteiger partial charge in [-0.3, -0.25) is 4.79 Å². The van der Waals surface area contributed by atoms with Crippen molar-refractivity contribution in [3.8, 4) is 5.75 Å². The van der Waals surface area contributed by atoms with Crippen LogP contribution in [0.3, 0.4) is 0 Å². The molecular formula is C19H24ClNO2. The normalized spacial score (nSPS) is 34.4. The number of hydrogen-bond donors (Lipinski definition) is 1. The maximum absolute atomic E-state index is 12.4. The Hall–Kier alpha value is -1.22. The minimum absolute atomic E-state index is 0.0935. The summed E-state index contributed by atoms with van der Waals surface area (Å²) in [5.41, 5.74) is 0.0935. The molecule has 0 unspecified atom stereocenters. The van der Waals surface area contributed by atoms with E-state index in [2.05, 4.69) is 5.32 Å². The van der Waals surface area contributed by atoms with Gasteiger partial charge in [0.05, 0.1) is 18.1 Å². The van der Waals surface area contributed by atoms with Crippen LogP contribution in [-0.4, -0.2) is 18.1 Å². The number of halogens is 1. The van der Waals surface area contributed by atoms with E-state index in [1.54, 1.807) is 6.07 Å². The third kappa shape index (κ3) is 3.21. The third-order valence-corrected chi connectivity index (χ3v) is 6.18. The molecule has 1 N–H and O–H groups in total. The fourth-order valence-corrected chi connectivity index (χ4v) is 5.63. The Morgan fingerprint density at radius 2 is 1.74 bits per heavy atom. The van der Waals surface area contributed by atoms with Crippen LogP contribution >= 0.6 is 11.6 Å². The summed E-state index contributed by atoms with van der Waals surface area (Å²) < 4.78 is 5.64. The van der Waals surface area contributed by atoms with Crippen LogP contribution < -0.4 is 10.1 Å². The molecule has 4 heteroatoms. The van der Waals surface area contributed by atoms with Crippen molar-refractivity contribution >= 4 is 17.5 Å². The van der Waals surface area contributed by atoms with Gasteiger partial charge in [0.2, 0.25) is 5.91 Å². The van der Waals surface area contributed by atoms with Crippen LogP contribution in [0.4, 0.5) is 0 Å². The molecule has 1 aromatic carbocycles. The van der Waals surface area contributed by atoms with Crippen molar-refractivity contribution in [1.82, 2.24) is 5.32 Å². The standard InChI is InChI=1S/C19H24ClNO2/c20-16-3-1-2-4-17(16)23-6-5-18(22)21-19-10-13-7-14(11-19)9-15(8-13)12-19/h1-4,13-15H,5-12H2,(H,21,22). The molecule has 0 aliphatic heterocycles. The number of benzene rings is 1. The number of amides is 1. The lowest BCUT2D eigenvalue weighted by molar-refractivity contribution is -0.127. The van der Waals surface area contributed by atoms with E-state index in [4.69, 9.17) is 16.3 Å². The Morgan fingerprint density at radius 3 is 2.35 bits per heavy atom. The summed E-state index contributed by atoms with van der Waals surface area (Å²) in [6, 6.07) is 7.39. The molecule has 0 saturated heterocycles. The van der Waals surface area contributed by atoms with E-state index in [0.717, 1.165) is 17.8 Å². The second kappa shape index (κ2) is 6.01. The number of rotatable bonds is 5. The summed E-state index contributed by atoms with van der Waals surface area (Å²) in [6.07, 6.45) is 8.15. The van der Waals surface area contributed by atoms with Crippen molar-refractivity contribution in [1.29, 1.82) is 0 Å². The van der Waals surface area contributed by atoms with E-state index in [1.165, 1.54) is 38.5 Å². The first-order chi connectivity index (χ1) is 11.1. The molecule has 3 nitrogen and oxygen atoms in total. The fraction of sp³-hybridized carbons (Fsp3) is 0.632. The van der Waals surface area contributed by atoms with Crippen molar-refractivity contribution in [2.24, 2.45) is 17.8 Å². The molecule has 23 heavy (non-hydrogen) atoms. The van der Waals surface area contributed by atoms with Crippen LogP contribution in [-0.2, 0) is 4.79 Å². The highest BCUT2D eigenvalue weighted by Gasteiger charge is 2.51. The molecule has 1 aromatic rings. The van der Waals surface area contributed by atoms with Gasteiger partial charge in [0, 0.05) is 5.54 Å². The molecular weight excluding hydrogens is 310 g/mol. The van der Waals surface area contributed by atoms with E-state index in [9.17, 15) is 4.79 Å². The summed E-state index contributed by atoms with van der Waals surface area (Å²) in [5.74, 6) is 3.32. The topological polar surface area (TPSA) is 38.3 Å². The summed E-state index contributed by atoms with van der Waals surface area (Å²) in [4.78, 5) is 12.4. The van der Waals surface area contributed by atoms with Gasteiger partial charge in [-0.15, -0.1) is 0 Å². The van der Waals surface area contributed by atoms with E-state index < -0.39 is 0 Å². The fourth-order valence-electron chi connectivity index (χ4n) is 5.44. The highest BCUT2D eigenvalue weighted by molar-refractivity contribution is 6.32. The second-order valence-corrected chi connectivity index (χ2v) is 8.18. The maximum Gasteiger partial charge on any atom is 0.223 e. The molecule has 0 radical (unpaired) electrons. The van der Waals surface area contributed by atoms with E-state index in [1.807, 2.05) is 18.2 Å². The largest absolute Gasteiger partial charge is 0.491 e. The van der Waals surface area contributed by atoms with Gasteiger partial charge in [-0.25, -0.2) is 0 Å². The average molecular weight is 334 g/mol. The average Bonchev–Trinajstić information content (AvgIpc) is 2.47. The lowest BCUT2D eigenvalue weighted by Gasteiger charge is -2.56. The van der Waals surface area contributed by atoms with Crippen LogP contribution in [0, 0.1) is 17.8 Å². The van der Waals surface area contributed by atoms with Crippen LogP contribution in [0.2, 0.25) is 5.02 Å². The maximum atomic E-state index is 12.4. The van der Waals surface area contributed by atoms with Crippen molar-refractivity contribution < 1.29 is 9.53 Å². The van der Waals surface area contributed by atoms with Gasteiger partial charge in [0.25, 0.3) is 0 Å². The first-order valence-corrected chi connectivity index (χ1v) is 9.18. The zero-order chi connectivity index (χ0) is 15.9. The Bertz CT molecular complexity index is 566. The summed E-state index contributed by atoms with van der Waals surface area (Å²) in [6.45, 7) is 0.377. The highest BCUT2D eigenvalue weighted by atomic mass is 35.5. The smallest absolute Gasteiger partial charge is 0.223 e. The molecule has 124 valence electrons. The molecule has 5 rings (SSSR count). The zero-order valence-electron chi connectivity index (χ0n) is 13.4. The number of hydrogen-bond acceptors (Lipinski definition) is 2. The van der Waals surface area contributed by atoms with Crippen molar-refractivity contribution in [2.45, 2.75) is 50.5 Å². The predicted octanol–water partition coefficient (Wildman–Crippen LogP) is 4.19. The number of nitrogens with one attached hydrogen (secondary N) is 1. The molecule has 0 aromatic heterocycles. The van der Waals surface area contributed by atoms with Gasteiger partial charge in [-0.05, 0) is 68.4 Å². The number of ether oxygens (including phenoxy) is 1. The first kappa shape index (κ1) is 15.3. The van der Waals surface area contributed by atoms with Gasteiger partial charge in [-0.2, -0.15) is 0 Å². The van der Waals surface area contributed by atoms with Crippen LogP contribution in [0.5, 0.6) is 5.75 Å². The predicted molar refractivity (Wildman–Crippen MR) is 90.6 cm³/mol.